The number of H-pyrrole nitrogens is 1. The highest BCUT2D eigenvalue weighted by molar-refractivity contribution is 7.71. The summed E-state index contributed by atoms with van der Waals surface area (Å²) >= 11 is 4.84. The Morgan fingerprint density at radius 1 is 1.44 bits per heavy atom. The summed E-state index contributed by atoms with van der Waals surface area (Å²) in [4.78, 5) is 31.3. The van der Waals surface area contributed by atoms with E-state index < -0.39 is 53.8 Å². The minimum Gasteiger partial charge on any atom is -0.391 e. The monoisotopic (exact) mass is 418 g/mol. The molecule has 0 amide bonds. The van der Waals surface area contributed by atoms with Crippen LogP contribution in [-0.2, 0) is 26.1 Å². The summed E-state index contributed by atoms with van der Waals surface area (Å²) in [7, 11) is 10.7. The second kappa shape index (κ2) is 6.90. The van der Waals surface area contributed by atoms with Crippen molar-refractivity contribution in [1.82, 2.24) is 9.55 Å². The molecule has 0 aliphatic carbocycles. The number of aromatic nitrogens is 2. The second-order valence-corrected chi connectivity index (χ2v) is 7.26. The molecule has 1 aromatic heterocycles. The van der Waals surface area contributed by atoms with E-state index in [1.807, 2.05) is 0 Å². The van der Waals surface area contributed by atoms with Crippen molar-refractivity contribution in [1.29, 1.82) is 0 Å². The first-order chi connectivity index (χ1) is 12.1. The van der Waals surface area contributed by atoms with Crippen molar-refractivity contribution in [2.75, 3.05) is 0 Å². The number of phosphoric acid groups is 1. The number of nitrogens with one attached hydrogen (secondary N) is 1. The van der Waals surface area contributed by atoms with E-state index in [0.29, 0.717) is 4.57 Å². The Morgan fingerprint density at radius 2 is 2.00 bits per heavy atom. The molecule has 1 aliphatic heterocycles. The molecule has 2 heterocycles. The first-order valence-electron chi connectivity index (χ1n) is 6.93. The number of aromatic amines is 1. The van der Waals surface area contributed by atoms with Crippen molar-refractivity contribution in [3.8, 4) is 0 Å². The molecule has 0 saturated carbocycles. The van der Waals surface area contributed by atoms with Gasteiger partial charge >= 0.3 is 7.82 Å². The predicted octanol–water partition coefficient (Wildman–Crippen LogP) is -3.31. The molecule has 2 rings (SSSR count). The van der Waals surface area contributed by atoms with E-state index in [9.17, 15) is 19.6 Å². The van der Waals surface area contributed by atoms with Crippen LogP contribution >= 0.6 is 20.0 Å². The molecule has 0 spiro atoms. The third-order valence-corrected chi connectivity index (χ3v) is 4.62. The number of aliphatic hydroxyl groups is 3. The van der Waals surface area contributed by atoms with Crippen molar-refractivity contribution in [3.63, 3.8) is 0 Å². The molecule has 142 valence electrons. The zero-order valence-corrected chi connectivity index (χ0v) is 14.9. The number of hydrogen-bond donors (Lipinski definition) is 6. The highest BCUT2D eigenvalue weighted by Gasteiger charge is 2.68. The third-order valence-electron chi connectivity index (χ3n) is 3.78. The van der Waals surface area contributed by atoms with E-state index in [1.54, 1.807) is 0 Å². The third kappa shape index (κ3) is 3.73. The van der Waals surface area contributed by atoms with Crippen molar-refractivity contribution >= 4 is 43.6 Å². The van der Waals surface area contributed by atoms with E-state index in [2.05, 4.69) is 9.51 Å². The smallest absolute Gasteiger partial charge is 0.391 e. The number of alkyl halides is 1. The van der Waals surface area contributed by atoms with Crippen LogP contribution in [0, 0.1) is 4.77 Å². The standard InChI is InChI=1S/C10H11B3FN2O9PS/c11-9(16-1-3(2-17)6(20)15-7(16)27)5(19)4(18)8(14,24-9)10(12,13)25-26(21,22)23/h1,4-5,17-19H,2H2,(H,15,20,27)(H2,21,22,23)/t4-,5+,8-,9-/m0/s1. The summed E-state index contributed by atoms with van der Waals surface area (Å²) in [6.45, 7) is -0.806. The topological polar surface area (TPSA) is 174 Å². The lowest BCUT2D eigenvalue weighted by molar-refractivity contribution is -0.239. The molecule has 0 unspecified atom stereocenters. The van der Waals surface area contributed by atoms with Gasteiger partial charge in [-0.1, -0.05) is 0 Å². The maximum atomic E-state index is 15.2. The van der Waals surface area contributed by atoms with Crippen molar-refractivity contribution in [3.05, 3.63) is 26.9 Å². The van der Waals surface area contributed by atoms with Crippen LogP contribution in [0.4, 0.5) is 4.39 Å². The Bertz CT molecular complexity index is 909. The van der Waals surface area contributed by atoms with Gasteiger partial charge in [0.05, 0.1) is 17.6 Å². The summed E-state index contributed by atoms with van der Waals surface area (Å²) in [6.07, 6.45) is -4.25. The number of nitrogens with zero attached hydrogens (tertiary/aromatic N) is 1. The maximum absolute atomic E-state index is 15.2. The molecule has 0 aromatic carbocycles. The van der Waals surface area contributed by atoms with Gasteiger partial charge in [0.25, 0.3) is 11.4 Å². The van der Waals surface area contributed by atoms with Crippen LogP contribution < -0.4 is 5.56 Å². The summed E-state index contributed by atoms with van der Waals surface area (Å²) < 4.78 is 34.9. The van der Waals surface area contributed by atoms with Crippen LogP contribution in [0.2, 0.25) is 0 Å². The molecule has 1 aromatic rings. The molecule has 11 nitrogen and oxygen atoms in total. The normalized spacial score (nSPS) is 31.9. The van der Waals surface area contributed by atoms with E-state index in [0.717, 1.165) is 6.20 Å². The second-order valence-electron chi connectivity index (χ2n) is 5.71. The summed E-state index contributed by atoms with van der Waals surface area (Å²) in [5.41, 5.74) is -3.92. The number of ether oxygens (including phenoxy) is 1. The van der Waals surface area contributed by atoms with Gasteiger partial charge in [-0.15, -0.1) is 0 Å². The minimum absolute atomic E-state index is 0.326. The van der Waals surface area contributed by atoms with Crippen molar-refractivity contribution in [2.45, 2.75) is 35.7 Å². The van der Waals surface area contributed by atoms with E-state index in [4.69, 9.17) is 55.4 Å². The Balaban J connectivity index is 2.60. The number of halogens is 1. The average molecular weight is 418 g/mol. The zero-order chi connectivity index (χ0) is 21.0. The van der Waals surface area contributed by atoms with Crippen LogP contribution in [0.5, 0.6) is 0 Å². The Labute approximate surface area is 159 Å². The van der Waals surface area contributed by atoms with Gasteiger partial charge in [-0.2, -0.15) is 0 Å². The molecule has 1 fully saturated rings. The first-order valence-corrected chi connectivity index (χ1v) is 8.87. The number of aliphatic hydroxyl groups excluding tert-OH is 3. The first kappa shape index (κ1) is 22.5. The van der Waals surface area contributed by atoms with Gasteiger partial charge in [0.2, 0.25) is 0 Å². The van der Waals surface area contributed by atoms with E-state index in [1.165, 1.54) is 0 Å². The molecule has 6 N–H and O–H groups in total. The molecule has 1 aliphatic rings. The molecule has 17 heteroatoms. The van der Waals surface area contributed by atoms with Gasteiger partial charge in [-0.25, -0.2) is 8.96 Å². The van der Waals surface area contributed by atoms with Gasteiger partial charge in [-0.05, 0) is 12.2 Å². The molecule has 6 radical (unpaired) electrons. The average Bonchev–Trinajstić information content (AvgIpc) is 2.68. The molecular weight excluding hydrogens is 407 g/mol. The summed E-state index contributed by atoms with van der Waals surface area (Å²) in [5.74, 6) is -3.85. The van der Waals surface area contributed by atoms with E-state index in [-0.39, 0.29) is 5.56 Å². The van der Waals surface area contributed by atoms with Crippen LogP contribution in [-0.4, -0.2) is 81.7 Å². The van der Waals surface area contributed by atoms with Gasteiger partial charge in [0, 0.05) is 6.20 Å². The lowest BCUT2D eigenvalue weighted by atomic mass is 9.59. The Hall–Kier alpha value is -0.825. The fourth-order valence-electron chi connectivity index (χ4n) is 2.43. The SMILES string of the molecule is [B]C([B])(OP(=O)(O)O)[C@@]1(F)O[C@@]([B])(n2cc(CO)c(=O)[nH]c2=S)[C@H](O)[C@@H]1O. The summed E-state index contributed by atoms with van der Waals surface area (Å²) in [6, 6.07) is 0. The zero-order valence-electron chi connectivity index (χ0n) is 13.2. The maximum Gasteiger partial charge on any atom is 0.468 e. The fourth-order valence-corrected chi connectivity index (χ4v) is 3.24. The highest BCUT2D eigenvalue weighted by atomic mass is 32.1. The van der Waals surface area contributed by atoms with Gasteiger partial charge < -0.3 is 34.4 Å². The number of phosphoric ester groups is 1. The Kier molecular flexibility index (Phi) is 5.74. The molecule has 1 saturated heterocycles. The van der Waals surface area contributed by atoms with Gasteiger partial charge in [-0.3, -0.25) is 14.3 Å². The molecule has 0 bridgehead atoms. The van der Waals surface area contributed by atoms with Crippen LogP contribution in [0.15, 0.2) is 11.0 Å². The molecular formula is C10H11B3FN2O9PS. The largest absolute Gasteiger partial charge is 0.468 e. The molecule has 4 atom stereocenters. The van der Waals surface area contributed by atoms with Crippen molar-refractivity contribution in [2.24, 2.45) is 0 Å². The summed E-state index contributed by atoms with van der Waals surface area (Å²) in [5, 5.41) is 25.9. The highest BCUT2D eigenvalue weighted by Crippen LogP contribution is 2.51. The van der Waals surface area contributed by atoms with Crippen LogP contribution in [0.3, 0.4) is 0 Å². The number of hydrogen-bond acceptors (Lipinski definition) is 8. The number of rotatable bonds is 5. The molecule has 27 heavy (non-hydrogen) atoms. The van der Waals surface area contributed by atoms with Gasteiger partial charge in [0.1, 0.15) is 41.4 Å². The van der Waals surface area contributed by atoms with Gasteiger partial charge in [0.15, 0.2) is 4.77 Å². The quantitative estimate of drug-likeness (QED) is 0.162. The van der Waals surface area contributed by atoms with Crippen molar-refractivity contribution < 1.29 is 43.3 Å². The van der Waals surface area contributed by atoms with Crippen LogP contribution in [0.25, 0.3) is 0 Å². The lowest BCUT2D eigenvalue weighted by Gasteiger charge is -2.40. The van der Waals surface area contributed by atoms with Crippen LogP contribution in [0.1, 0.15) is 5.56 Å². The minimum atomic E-state index is -5.48. The predicted molar refractivity (Wildman–Crippen MR) is 89.8 cm³/mol. The Morgan fingerprint density at radius 3 is 2.48 bits per heavy atom. The fraction of sp³-hybridized carbons (Fsp3) is 0.600. The lowest BCUT2D eigenvalue weighted by Crippen LogP contribution is -2.60. The van der Waals surface area contributed by atoms with E-state index >= 15 is 4.39 Å².